The summed E-state index contributed by atoms with van der Waals surface area (Å²) in [4.78, 5) is 12.1. The van der Waals surface area contributed by atoms with E-state index in [0.717, 1.165) is 21.5 Å². The van der Waals surface area contributed by atoms with E-state index in [1.807, 2.05) is 49.5 Å². The van der Waals surface area contributed by atoms with Gasteiger partial charge in [0.15, 0.2) is 11.5 Å². The smallest absolute Gasteiger partial charge is 0.242 e. The molecule has 8 heteroatoms. The molecule has 0 radical (unpaired) electrons. The van der Waals surface area contributed by atoms with Gasteiger partial charge in [-0.05, 0) is 54.4 Å². The van der Waals surface area contributed by atoms with Crippen molar-refractivity contribution in [2.45, 2.75) is 31.3 Å². The second kappa shape index (κ2) is 9.73. The lowest BCUT2D eigenvalue weighted by atomic mass is 10.2. The molecular weight excluding hydrogens is 424 g/mol. The third kappa shape index (κ3) is 6.11. The standard InChI is InChI=1S/C17H23BrN2O3S2/c1-4-22-14-9-12(8-13(18)16(14)23-5-2)11-19-20-15(21)10-17(3)24-6-7-25-17/h8-9,11H,4-7,10H2,1-3H3,(H,20,21)/b19-11-. The average molecular weight is 447 g/mol. The molecular formula is C17H23BrN2O3S2. The lowest BCUT2D eigenvalue weighted by molar-refractivity contribution is -0.121. The van der Waals surface area contributed by atoms with E-state index < -0.39 is 0 Å². The number of amides is 1. The minimum atomic E-state index is -0.0734. The van der Waals surface area contributed by atoms with Gasteiger partial charge in [-0.25, -0.2) is 5.43 Å². The normalized spacial score (nSPS) is 16.2. The number of thioether (sulfide) groups is 2. The Bertz CT molecular complexity index is 635. The van der Waals surface area contributed by atoms with E-state index in [0.29, 0.717) is 31.1 Å². The molecule has 1 fully saturated rings. The summed E-state index contributed by atoms with van der Waals surface area (Å²) in [5.41, 5.74) is 3.43. The van der Waals surface area contributed by atoms with Crippen LogP contribution in [0.5, 0.6) is 11.5 Å². The van der Waals surface area contributed by atoms with Gasteiger partial charge in [-0.1, -0.05) is 0 Å². The number of hydrazone groups is 1. The van der Waals surface area contributed by atoms with Crippen molar-refractivity contribution >= 4 is 51.6 Å². The third-order valence-electron chi connectivity index (χ3n) is 3.40. The highest BCUT2D eigenvalue weighted by atomic mass is 79.9. The number of nitrogens with one attached hydrogen (secondary N) is 1. The summed E-state index contributed by atoms with van der Waals surface area (Å²) in [6.45, 7) is 7.05. The van der Waals surface area contributed by atoms with Crippen molar-refractivity contribution in [3.05, 3.63) is 22.2 Å². The zero-order chi connectivity index (χ0) is 18.3. The average Bonchev–Trinajstić information content (AvgIpc) is 2.97. The molecule has 0 saturated carbocycles. The van der Waals surface area contributed by atoms with Crippen molar-refractivity contribution in [2.75, 3.05) is 24.7 Å². The molecule has 1 aliphatic heterocycles. The summed E-state index contributed by atoms with van der Waals surface area (Å²) in [5.74, 6) is 3.44. The first-order chi connectivity index (χ1) is 12.0. The van der Waals surface area contributed by atoms with Crippen molar-refractivity contribution < 1.29 is 14.3 Å². The van der Waals surface area contributed by atoms with Crippen LogP contribution in [-0.2, 0) is 4.79 Å². The van der Waals surface area contributed by atoms with Crippen molar-refractivity contribution in [3.8, 4) is 11.5 Å². The highest BCUT2D eigenvalue weighted by molar-refractivity contribution is 9.10. The van der Waals surface area contributed by atoms with Crippen LogP contribution in [0.15, 0.2) is 21.7 Å². The molecule has 0 unspecified atom stereocenters. The number of carbonyl (C=O) groups is 1. The zero-order valence-corrected chi connectivity index (χ0v) is 17.9. The number of hydrogen-bond donors (Lipinski definition) is 1. The van der Waals surface area contributed by atoms with E-state index in [1.54, 1.807) is 6.21 Å². The van der Waals surface area contributed by atoms with Gasteiger partial charge in [0, 0.05) is 11.5 Å². The second-order valence-electron chi connectivity index (χ2n) is 5.50. The van der Waals surface area contributed by atoms with Crippen LogP contribution in [0.3, 0.4) is 0 Å². The van der Waals surface area contributed by atoms with Gasteiger partial charge >= 0.3 is 0 Å². The van der Waals surface area contributed by atoms with Gasteiger partial charge in [-0.3, -0.25) is 4.79 Å². The predicted molar refractivity (Wildman–Crippen MR) is 110 cm³/mol. The van der Waals surface area contributed by atoms with Gasteiger partial charge in [0.2, 0.25) is 5.91 Å². The van der Waals surface area contributed by atoms with E-state index in [2.05, 4.69) is 33.4 Å². The first-order valence-corrected chi connectivity index (χ1v) is 10.9. The fourth-order valence-corrected chi connectivity index (χ4v) is 5.78. The molecule has 1 saturated heterocycles. The Kier molecular flexibility index (Phi) is 7.96. The summed E-state index contributed by atoms with van der Waals surface area (Å²) >= 11 is 7.16. The molecule has 0 bridgehead atoms. The van der Waals surface area contributed by atoms with Crippen LogP contribution < -0.4 is 14.9 Å². The molecule has 5 nitrogen and oxygen atoms in total. The van der Waals surface area contributed by atoms with Gasteiger partial charge < -0.3 is 9.47 Å². The van der Waals surface area contributed by atoms with Crippen LogP contribution in [-0.4, -0.2) is 40.9 Å². The lowest BCUT2D eigenvalue weighted by Gasteiger charge is -2.19. The maximum absolute atomic E-state index is 12.1. The molecule has 138 valence electrons. The molecule has 2 rings (SSSR count). The van der Waals surface area contributed by atoms with E-state index in [1.165, 1.54) is 0 Å². The number of ether oxygens (including phenoxy) is 2. The molecule has 25 heavy (non-hydrogen) atoms. The highest BCUT2D eigenvalue weighted by Gasteiger charge is 2.32. The van der Waals surface area contributed by atoms with Crippen molar-refractivity contribution in [1.82, 2.24) is 5.43 Å². The molecule has 0 aliphatic carbocycles. The lowest BCUT2D eigenvalue weighted by Crippen LogP contribution is -2.26. The number of nitrogens with zero attached hydrogens (tertiary/aromatic N) is 1. The van der Waals surface area contributed by atoms with E-state index >= 15 is 0 Å². The minimum absolute atomic E-state index is 0.0378. The van der Waals surface area contributed by atoms with Gasteiger partial charge in [0.1, 0.15) is 0 Å². The van der Waals surface area contributed by atoms with Crippen molar-refractivity contribution in [1.29, 1.82) is 0 Å². The van der Waals surface area contributed by atoms with Crippen LogP contribution >= 0.6 is 39.5 Å². The fraction of sp³-hybridized carbons (Fsp3) is 0.529. The summed E-state index contributed by atoms with van der Waals surface area (Å²) in [5, 5.41) is 4.07. The van der Waals surface area contributed by atoms with Crippen LogP contribution in [0.1, 0.15) is 32.8 Å². The predicted octanol–water partition coefficient (Wildman–Crippen LogP) is 4.28. The fourth-order valence-electron chi connectivity index (χ4n) is 2.38. The second-order valence-corrected chi connectivity index (χ2v) is 9.81. The van der Waals surface area contributed by atoms with Crippen molar-refractivity contribution in [3.63, 3.8) is 0 Å². The molecule has 1 amide bonds. The maximum atomic E-state index is 12.1. The van der Waals surface area contributed by atoms with Gasteiger partial charge in [-0.15, -0.1) is 23.5 Å². The molecule has 1 aromatic carbocycles. The van der Waals surface area contributed by atoms with E-state index in [4.69, 9.17) is 9.47 Å². The minimum Gasteiger partial charge on any atom is -0.490 e. The van der Waals surface area contributed by atoms with Gasteiger partial charge in [0.25, 0.3) is 0 Å². The number of hydrogen-bond acceptors (Lipinski definition) is 6. The molecule has 0 spiro atoms. The Morgan fingerprint density at radius 1 is 1.32 bits per heavy atom. The summed E-state index contributed by atoms with van der Waals surface area (Å²) in [7, 11) is 0. The molecule has 1 N–H and O–H groups in total. The van der Waals surface area contributed by atoms with Crippen molar-refractivity contribution in [2.24, 2.45) is 5.10 Å². The van der Waals surface area contributed by atoms with Crippen LogP contribution in [0.25, 0.3) is 0 Å². The monoisotopic (exact) mass is 446 g/mol. The quantitative estimate of drug-likeness (QED) is 0.476. The molecule has 0 aromatic heterocycles. The number of benzene rings is 1. The van der Waals surface area contributed by atoms with Crippen LogP contribution in [0.2, 0.25) is 0 Å². The maximum Gasteiger partial charge on any atom is 0.242 e. The van der Waals surface area contributed by atoms with Crippen LogP contribution in [0.4, 0.5) is 0 Å². The number of carbonyl (C=O) groups excluding carboxylic acids is 1. The zero-order valence-electron chi connectivity index (χ0n) is 14.6. The van der Waals surface area contributed by atoms with Gasteiger partial charge in [0.05, 0.1) is 34.4 Å². The molecule has 1 aromatic rings. The molecule has 0 atom stereocenters. The number of rotatable bonds is 8. The Hall–Kier alpha value is -0.860. The topological polar surface area (TPSA) is 59.9 Å². The highest BCUT2D eigenvalue weighted by Crippen LogP contribution is 2.45. The van der Waals surface area contributed by atoms with E-state index in [-0.39, 0.29) is 9.99 Å². The molecule has 1 aliphatic rings. The van der Waals surface area contributed by atoms with E-state index in [9.17, 15) is 4.79 Å². The first-order valence-electron chi connectivity index (χ1n) is 8.16. The van der Waals surface area contributed by atoms with Gasteiger partial charge in [-0.2, -0.15) is 5.10 Å². The Balaban J connectivity index is 2.01. The van der Waals surface area contributed by atoms with Crippen LogP contribution in [0, 0.1) is 0 Å². The Morgan fingerprint density at radius 3 is 2.64 bits per heavy atom. The summed E-state index contributed by atoms with van der Waals surface area (Å²) < 4.78 is 12.0. The largest absolute Gasteiger partial charge is 0.490 e. The third-order valence-corrected chi connectivity index (χ3v) is 7.28. The number of halogens is 1. The summed E-state index contributed by atoms with van der Waals surface area (Å²) in [6.07, 6.45) is 2.06. The SMILES string of the molecule is CCOc1cc(/C=N\NC(=O)CC2(C)SCCS2)cc(Br)c1OCC. The molecule has 1 heterocycles. The Labute approximate surface area is 165 Å². The Morgan fingerprint density at radius 2 is 2.00 bits per heavy atom. The first kappa shape index (κ1) is 20.5. The summed E-state index contributed by atoms with van der Waals surface area (Å²) in [6, 6.07) is 3.73.